The molecule has 0 spiro atoms. The van der Waals surface area contributed by atoms with Gasteiger partial charge in [0.25, 0.3) is 10.2 Å². The van der Waals surface area contributed by atoms with Crippen LogP contribution in [0.4, 0.5) is 0 Å². The van der Waals surface area contributed by atoms with Gasteiger partial charge in [-0.2, -0.15) is 12.7 Å². The summed E-state index contributed by atoms with van der Waals surface area (Å²) in [6.07, 6.45) is 2.35. The van der Waals surface area contributed by atoms with Crippen LogP contribution < -0.4 is 4.72 Å². The maximum atomic E-state index is 11.7. The first-order valence-electron chi connectivity index (χ1n) is 5.45. The predicted molar refractivity (Wildman–Crippen MR) is 58.6 cm³/mol. The van der Waals surface area contributed by atoms with E-state index in [1.807, 2.05) is 6.92 Å². The molecule has 1 atom stereocenters. The highest BCUT2D eigenvalue weighted by Gasteiger charge is 2.30. The van der Waals surface area contributed by atoms with Crippen molar-refractivity contribution in [3.63, 3.8) is 0 Å². The van der Waals surface area contributed by atoms with Crippen molar-refractivity contribution in [3.8, 4) is 0 Å². The summed E-state index contributed by atoms with van der Waals surface area (Å²) in [5.41, 5.74) is 0. The van der Waals surface area contributed by atoms with Crippen LogP contribution in [0.5, 0.6) is 0 Å². The number of aliphatic hydroxyl groups is 1. The first kappa shape index (κ1) is 12.9. The van der Waals surface area contributed by atoms with Crippen LogP contribution in [0.25, 0.3) is 0 Å². The second-order valence-electron chi connectivity index (χ2n) is 3.92. The summed E-state index contributed by atoms with van der Waals surface area (Å²) < 4.78 is 27.4. The van der Waals surface area contributed by atoms with Crippen LogP contribution in [0.2, 0.25) is 0 Å². The monoisotopic (exact) mass is 236 g/mol. The lowest BCUT2D eigenvalue weighted by Gasteiger charge is -2.16. The van der Waals surface area contributed by atoms with Crippen molar-refractivity contribution in [2.75, 3.05) is 26.2 Å². The molecule has 0 bridgehead atoms. The summed E-state index contributed by atoms with van der Waals surface area (Å²) in [6.45, 7) is 3.68. The maximum Gasteiger partial charge on any atom is 0.279 e. The van der Waals surface area contributed by atoms with E-state index in [9.17, 15) is 8.42 Å². The molecule has 1 rings (SSSR count). The van der Waals surface area contributed by atoms with Gasteiger partial charge in [-0.3, -0.25) is 0 Å². The summed E-state index contributed by atoms with van der Waals surface area (Å²) in [4.78, 5) is 0. The molecule has 15 heavy (non-hydrogen) atoms. The van der Waals surface area contributed by atoms with Gasteiger partial charge in [0.1, 0.15) is 0 Å². The molecule has 5 nitrogen and oxygen atoms in total. The predicted octanol–water partition coefficient (Wildman–Crippen LogP) is -0.0649. The smallest absolute Gasteiger partial charge is 0.279 e. The average Bonchev–Trinajstić information content (AvgIpc) is 2.65. The van der Waals surface area contributed by atoms with Gasteiger partial charge in [0.2, 0.25) is 0 Å². The third-order valence-electron chi connectivity index (χ3n) is 2.66. The lowest BCUT2D eigenvalue weighted by atomic mass is 10.1. The number of aliphatic hydroxyl groups excluding tert-OH is 1. The molecule has 1 aliphatic heterocycles. The van der Waals surface area contributed by atoms with Crippen LogP contribution in [0.3, 0.4) is 0 Å². The van der Waals surface area contributed by atoms with E-state index in [1.54, 1.807) is 0 Å². The van der Waals surface area contributed by atoms with E-state index in [0.29, 0.717) is 32.0 Å². The minimum atomic E-state index is -3.27. The second-order valence-corrected chi connectivity index (χ2v) is 5.68. The van der Waals surface area contributed by atoms with Gasteiger partial charge in [-0.15, -0.1) is 0 Å². The molecule has 0 aromatic carbocycles. The molecule has 0 aliphatic carbocycles. The van der Waals surface area contributed by atoms with Crippen LogP contribution in [-0.4, -0.2) is 44.1 Å². The number of nitrogens with zero attached hydrogens (tertiary/aromatic N) is 1. The molecule has 6 heteroatoms. The largest absolute Gasteiger partial charge is 0.396 e. The van der Waals surface area contributed by atoms with Crippen molar-refractivity contribution < 1.29 is 13.5 Å². The van der Waals surface area contributed by atoms with E-state index in [4.69, 9.17) is 5.11 Å². The number of nitrogens with one attached hydrogen (secondary N) is 1. The molecule has 1 aliphatic rings. The summed E-state index contributed by atoms with van der Waals surface area (Å²) in [6, 6.07) is 0. The Balaban J connectivity index is 2.45. The first-order valence-corrected chi connectivity index (χ1v) is 6.89. The molecule has 0 radical (unpaired) electrons. The van der Waals surface area contributed by atoms with Crippen LogP contribution in [-0.2, 0) is 10.2 Å². The minimum absolute atomic E-state index is 0.140. The van der Waals surface area contributed by atoms with E-state index in [0.717, 1.165) is 12.8 Å². The Morgan fingerprint density at radius 2 is 2.27 bits per heavy atom. The Labute approximate surface area is 91.7 Å². The molecule has 0 amide bonds. The number of hydrogen-bond donors (Lipinski definition) is 2. The third-order valence-corrected chi connectivity index (χ3v) is 4.24. The summed E-state index contributed by atoms with van der Waals surface area (Å²) in [5.74, 6) is 0.313. The van der Waals surface area contributed by atoms with Crippen LogP contribution in [0.1, 0.15) is 26.2 Å². The van der Waals surface area contributed by atoms with Crippen LogP contribution in [0, 0.1) is 5.92 Å². The number of hydrogen-bond acceptors (Lipinski definition) is 3. The molecule has 1 unspecified atom stereocenters. The van der Waals surface area contributed by atoms with Crippen molar-refractivity contribution in [1.29, 1.82) is 0 Å². The molecule has 0 aromatic heterocycles. The maximum absolute atomic E-state index is 11.7. The Hall–Kier alpha value is -0.170. The fourth-order valence-electron chi connectivity index (χ4n) is 1.76. The van der Waals surface area contributed by atoms with Gasteiger partial charge in [-0.05, 0) is 25.2 Å². The van der Waals surface area contributed by atoms with E-state index >= 15 is 0 Å². The molecule has 1 fully saturated rings. The molecular weight excluding hydrogens is 216 g/mol. The summed E-state index contributed by atoms with van der Waals surface area (Å²) >= 11 is 0. The average molecular weight is 236 g/mol. The Morgan fingerprint density at radius 3 is 2.87 bits per heavy atom. The second kappa shape index (κ2) is 5.79. The van der Waals surface area contributed by atoms with Crippen LogP contribution >= 0.6 is 0 Å². The Kier molecular flexibility index (Phi) is 4.98. The zero-order chi connectivity index (χ0) is 11.3. The minimum Gasteiger partial charge on any atom is -0.396 e. The van der Waals surface area contributed by atoms with Gasteiger partial charge in [-0.25, -0.2) is 4.72 Å². The van der Waals surface area contributed by atoms with Crippen molar-refractivity contribution >= 4 is 10.2 Å². The SMILES string of the molecule is CCCNS(=O)(=O)N1CCC(CCO)C1. The third kappa shape index (κ3) is 3.71. The molecule has 1 saturated heterocycles. The molecular formula is C9H20N2O3S. The van der Waals surface area contributed by atoms with Crippen LogP contribution in [0.15, 0.2) is 0 Å². The quantitative estimate of drug-likeness (QED) is 0.678. The number of rotatable bonds is 6. The fourth-order valence-corrected chi connectivity index (χ4v) is 3.15. The zero-order valence-corrected chi connectivity index (χ0v) is 9.96. The molecule has 0 aromatic rings. The van der Waals surface area contributed by atoms with Gasteiger partial charge >= 0.3 is 0 Å². The standard InChI is InChI=1S/C9H20N2O3S/c1-2-5-10-15(13,14)11-6-3-9(8-11)4-7-12/h9-10,12H,2-8H2,1H3. The van der Waals surface area contributed by atoms with Gasteiger partial charge in [0.15, 0.2) is 0 Å². The fraction of sp³-hybridized carbons (Fsp3) is 1.00. The summed E-state index contributed by atoms with van der Waals surface area (Å²) in [5, 5.41) is 8.77. The topological polar surface area (TPSA) is 69.6 Å². The highest BCUT2D eigenvalue weighted by atomic mass is 32.2. The van der Waals surface area contributed by atoms with E-state index in [1.165, 1.54) is 4.31 Å². The van der Waals surface area contributed by atoms with Crippen molar-refractivity contribution in [2.45, 2.75) is 26.2 Å². The Morgan fingerprint density at radius 1 is 1.53 bits per heavy atom. The lowest BCUT2D eigenvalue weighted by molar-refractivity contribution is 0.259. The highest BCUT2D eigenvalue weighted by molar-refractivity contribution is 7.87. The van der Waals surface area contributed by atoms with Crippen molar-refractivity contribution in [2.24, 2.45) is 5.92 Å². The Bertz CT molecular complexity index is 279. The van der Waals surface area contributed by atoms with Crippen molar-refractivity contribution in [3.05, 3.63) is 0 Å². The van der Waals surface area contributed by atoms with E-state index in [-0.39, 0.29) is 6.61 Å². The normalized spacial score (nSPS) is 23.5. The highest BCUT2D eigenvalue weighted by Crippen LogP contribution is 2.20. The first-order chi connectivity index (χ1) is 7.10. The van der Waals surface area contributed by atoms with E-state index < -0.39 is 10.2 Å². The lowest BCUT2D eigenvalue weighted by Crippen LogP contribution is -2.39. The molecule has 2 N–H and O–H groups in total. The van der Waals surface area contributed by atoms with Gasteiger partial charge in [-0.1, -0.05) is 6.92 Å². The summed E-state index contributed by atoms with van der Waals surface area (Å²) in [7, 11) is -3.27. The van der Waals surface area contributed by atoms with Gasteiger partial charge in [0, 0.05) is 26.2 Å². The van der Waals surface area contributed by atoms with Gasteiger partial charge in [0.05, 0.1) is 0 Å². The zero-order valence-electron chi connectivity index (χ0n) is 9.15. The molecule has 0 saturated carbocycles. The molecule has 90 valence electrons. The van der Waals surface area contributed by atoms with Gasteiger partial charge < -0.3 is 5.11 Å². The molecule has 1 heterocycles. The van der Waals surface area contributed by atoms with Crippen molar-refractivity contribution in [1.82, 2.24) is 9.03 Å². The van der Waals surface area contributed by atoms with E-state index in [2.05, 4.69) is 4.72 Å².